The zero-order valence-electron chi connectivity index (χ0n) is 21.1. The topological polar surface area (TPSA) is 132 Å². The number of carbonyl (C=O) groups is 2. The van der Waals surface area contributed by atoms with Crippen molar-refractivity contribution in [2.75, 3.05) is 11.8 Å². The smallest absolute Gasteiger partial charge is 0.407 e. The van der Waals surface area contributed by atoms with Gasteiger partial charge in [0.25, 0.3) is 0 Å². The average molecular weight is 544 g/mol. The van der Waals surface area contributed by atoms with E-state index in [0.29, 0.717) is 12.1 Å². The molecular weight excluding hydrogens is 512 g/mol. The molecule has 0 fully saturated rings. The van der Waals surface area contributed by atoms with E-state index in [1.165, 1.54) is 18.4 Å². The molecule has 1 unspecified atom stereocenters. The van der Waals surface area contributed by atoms with Crippen molar-refractivity contribution in [2.45, 2.75) is 51.1 Å². The Kier molecular flexibility index (Phi) is 9.79. The van der Waals surface area contributed by atoms with Crippen LogP contribution in [0, 0.1) is 0 Å². The standard InChI is InChI=1S/C26H32N4O5S2/c1-26(2,3)22-16-36-24(29-22)21(15-18-10-12-19(13-11-18)30-37(33)34)27-23(31)20(28-25(32)35-4)14-17-8-6-5-7-9-17/h5-13,16,20-21,30H,14-15H2,1-4H3,(H,27,31)(H,28,32)(H,33,34)/p-1/t20-,21-/m0/s1. The van der Waals surface area contributed by atoms with Crippen molar-refractivity contribution in [2.24, 2.45) is 0 Å². The lowest BCUT2D eigenvalue weighted by atomic mass is 9.93. The number of carbonyl (C=O) groups excluding carboxylic acids is 2. The molecule has 0 aliphatic rings. The minimum absolute atomic E-state index is 0.160. The van der Waals surface area contributed by atoms with Crippen molar-refractivity contribution in [3.05, 3.63) is 81.8 Å². The number of benzene rings is 2. The van der Waals surface area contributed by atoms with Crippen LogP contribution in [0.15, 0.2) is 60.0 Å². The minimum atomic E-state index is -2.42. The highest BCUT2D eigenvalue weighted by Crippen LogP contribution is 2.29. The minimum Gasteiger partial charge on any atom is -0.755 e. The van der Waals surface area contributed by atoms with Gasteiger partial charge in [-0.05, 0) is 29.7 Å². The fourth-order valence-corrected chi connectivity index (χ4v) is 4.99. The van der Waals surface area contributed by atoms with Gasteiger partial charge in [-0.25, -0.2) is 9.78 Å². The Balaban J connectivity index is 1.86. The van der Waals surface area contributed by atoms with Gasteiger partial charge in [0.2, 0.25) is 5.91 Å². The van der Waals surface area contributed by atoms with Crippen LogP contribution in [0.5, 0.6) is 0 Å². The van der Waals surface area contributed by atoms with E-state index in [9.17, 15) is 18.4 Å². The summed E-state index contributed by atoms with van der Waals surface area (Å²) < 4.78 is 28.9. The second kappa shape index (κ2) is 12.8. The first-order valence-electron chi connectivity index (χ1n) is 11.6. The summed E-state index contributed by atoms with van der Waals surface area (Å²) in [5, 5.41) is 8.42. The highest BCUT2D eigenvalue weighted by Gasteiger charge is 2.27. The van der Waals surface area contributed by atoms with Crippen LogP contribution in [0.2, 0.25) is 0 Å². The van der Waals surface area contributed by atoms with E-state index >= 15 is 0 Å². The SMILES string of the molecule is COC(=O)N[C@@H](Cc1ccccc1)C(=O)N[C@@H](Cc1ccc(NS(=O)[O-])cc1)c1nc(C(C)(C)C)cs1. The maximum absolute atomic E-state index is 13.5. The van der Waals surface area contributed by atoms with Gasteiger partial charge >= 0.3 is 6.09 Å². The molecule has 0 aliphatic heterocycles. The van der Waals surface area contributed by atoms with Crippen molar-refractivity contribution in [3.8, 4) is 0 Å². The van der Waals surface area contributed by atoms with E-state index in [1.54, 1.807) is 24.3 Å². The molecule has 11 heteroatoms. The zero-order chi connectivity index (χ0) is 27.0. The average Bonchev–Trinajstić information content (AvgIpc) is 3.36. The van der Waals surface area contributed by atoms with Crippen LogP contribution < -0.4 is 15.4 Å². The van der Waals surface area contributed by atoms with Crippen molar-refractivity contribution < 1.29 is 23.1 Å². The molecule has 0 radical (unpaired) electrons. The summed E-state index contributed by atoms with van der Waals surface area (Å²) >= 11 is -0.956. The molecule has 0 saturated carbocycles. The number of nitrogens with one attached hydrogen (secondary N) is 3. The van der Waals surface area contributed by atoms with Crippen molar-refractivity contribution in [1.82, 2.24) is 15.6 Å². The largest absolute Gasteiger partial charge is 0.755 e. The number of hydrogen-bond acceptors (Lipinski definition) is 7. The molecule has 2 amide bonds. The van der Waals surface area contributed by atoms with E-state index < -0.39 is 29.4 Å². The molecule has 3 atom stereocenters. The molecule has 1 heterocycles. The van der Waals surface area contributed by atoms with Gasteiger partial charge in [-0.1, -0.05) is 63.2 Å². The molecule has 3 N–H and O–H groups in total. The molecule has 3 rings (SSSR count). The molecule has 9 nitrogen and oxygen atoms in total. The van der Waals surface area contributed by atoms with Crippen LogP contribution in [-0.2, 0) is 39.1 Å². The number of ether oxygens (including phenoxy) is 1. The molecule has 37 heavy (non-hydrogen) atoms. The first-order valence-corrected chi connectivity index (χ1v) is 13.6. The van der Waals surface area contributed by atoms with Gasteiger partial charge in [-0.3, -0.25) is 9.00 Å². The van der Waals surface area contributed by atoms with E-state index in [0.717, 1.165) is 21.8 Å². The first kappa shape index (κ1) is 28.3. The molecule has 0 spiro atoms. The lowest BCUT2D eigenvalue weighted by molar-refractivity contribution is -0.123. The summed E-state index contributed by atoms with van der Waals surface area (Å²) in [7, 11) is 1.25. The molecular formula is C26H31N4O5S2-. The van der Waals surface area contributed by atoms with Crippen LogP contribution >= 0.6 is 11.3 Å². The predicted octanol–water partition coefficient (Wildman–Crippen LogP) is 4.01. The van der Waals surface area contributed by atoms with Gasteiger partial charge in [-0.2, -0.15) is 0 Å². The summed E-state index contributed by atoms with van der Waals surface area (Å²) in [6.45, 7) is 6.21. The quantitative estimate of drug-likeness (QED) is 0.331. The zero-order valence-corrected chi connectivity index (χ0v) is 22.8. The third-order valence-corrected chi connectivity index (χ3v) is 6.94. The van der Waals surface area contributed by atoms with Gasteiger partial charge in [-0.15, -0.1) is 11.3 Å². The summed E-state index contributed by atoms with van der Waals surface area (Å²) in [6, 6.07) is 15.0. The normalized spacial score (nSPS) is 13.8. The van der Waals surface area contributed by atoms with Gasteiger partial charge < -0.3 is 24.6 Å². The van der Waals surface area contributed by atoms with Crippen LogP contribution in [0.3, 0.4) is 0 Å². The Labute approximate surface area is 223 Å². The van der Waals surface area contributed by atoms with Crippen molar-refractivity contribution in [3.63, 3.8) is 0 Å². The number of alkyl carbamates (subject to hydrolysis) is 1. The lowest BCUT2D eigenvalue weighted by Gasteiger charge is -2.23. The fourth-order valence-electron chi connectivity index (χ4n) is 3.57. The Morgan fingerprint density at radius 2 is 1.68 bits per heavy atom. The summed E-state index contributed by atoms with van der Waals surface area (Å²) in [6.07, 6.45) is 0.00218. The number of amides is 2. The van der Waals surface area contributed by atoms with E-state index in [2.05, 4.69) is 36.1 Å². The van der Waals surface area contributed by atoms with Gasteiger partial charge in [0.05, 0.1) is 18.8 Å². The highest BCUT2D eigenvalue weighted by molar-refractivity contribution is 7.80. The third-order valence-electron chi connectivity index (χ3n) is 5.58. The van der Waals surface area contributed by atoms with Crippen LogP contribution in [-0.4, -0.2) is 38.9 Å². The monoisotopic (exact) mass is 543 g/mol. The molecule has 0 aliphatic carbocycles. The Morgan fingerprint density at radius 1 is 1.03 bits per heavy atom. The van der Waals surface area contributed by atoms with Crippen LogP contribution in [0.4, 0.5) is 10.5 Å². The van der Waals surface area contributed by atoms with Crippen molar-refractivity contribution >= 4 is 40.3 Å². The first-order chi connectivity index (χ1) is 17.5. The Hall–Kier alpha value is -3.28. The second-order valence-electron chi connectivity index (χ2n) is 9.50. The number of thiazole rings is 1. The van der Waals surface area contributed by atoms with Crippen LogP contribution in [0.25, 0.3) is 0 Å². The van der Waals surface area contributed by atoms with E-state index in [4.69, 9.17) is 9.72 Å². The number of rotatable bonds is 10. The Morgan fingerprint density at radius 3 is 2.24 bits per heavy atom. The second-order valence-corrected chi connectivity index (χ2v) is 11.1. The Bertz CT molecular complexity index is 1210. The molecule has 198 valence electrons. The molecule has 2 aromatic carbocycles. The molecule has 3 aromatic rings. The lowest BCUT2D eigenvalue weighted by Crippen LogP contribution is -2.49. The van der Waals surface area contributed by atoms with Gasteiger partial charge in [0, 0.05) is 34.2 Å². The number of anilines is 1. The number of hydrogen-bond donors (Lipinski definition) is 3. The number of methoxy groups -OCH3 is 1. The molecule has 0 saturated heterocycles. The maximum Gasteiger partial charge on any atom is 0.407 e. The third kappa shape index (κ3) is 8.66. The predicted molar refractivity (Wildman–Crippen MR) is 144 cm³/mol. The van der Waals surface area contributed by atoms with E-state index in [-0.39, 0.29) is 17.7 Å². The summed E-state index contributed by atoms with van der Waals surface area (Å²) in [4.78, 5) is 30.3. The number of nitrogens with zero attached hydrogens (tertiary/aromatic N) is 1. The van der Waals surface area contributed by atoms with Gasteiger partial charge in [0.1, 0.15) is 11.0 Å². The molecule has 0 bridgehead atoms. The van der Waals surface area contributed by atoms with Crippen LogP contribution in [0.1, 0.15) is 48.6 Å². The van der Waals surface area contributed by atoms with E-state index in [1.807, 2.05) is 35.7 Å². The van der Waals surface area contributed by atoms with Crippen molar-refractivity contribution in [1.29, 1.82) is 0 Å². The maximum atomic E-state index is 13.5. The summed E-state index contributed by atoms with van der Waals surface area (Å²) in [5.41, 5.74) is 2.96. The fraction of sp³-hybridized carbons (Fsp3) is 0.346. The van der Waals surface area contributed by atoms with Gasteiger partial charge in [0.15, 0.2) is 0 Å². The highest BCUT2D eigenvalue weighted by atomic mass is 32.2. The number of aromatic nitrogens is 1. The molecule has 1 aromatic heterocycles. The summed E-state index contributed by atoms with van der Waals surface area (Å²) in [5.74, 6) is -0.369.